The molecule has 0 radical (unpaired) electrons. The predicted octanol–water partition coefficient (Wildman–Crippen LogP) is 2.56. The standard InChI is InChI=1S/C16H26FN3O3/c1-16(2,17)14-18-15(23-19-14)20-9-7-13(8-10-20)22-12-5-3-11(21)4-6-12/h11-13,21H,3-10H2,1-2H3. The predicted molar refractivity (Wildman–Crippen MR) is 83.0 cm³/mol. The quantitative estimate of drug-likeness (QED) is 0.916. The van der Waals surface area contributed by atoms with Crippen molar-refractivity contribution in [2.24, 2.45) is 0 Å². The Kier molecular flexibility index (Phi) is 4.87. The van der Waals surface area contributed by atoms with Crippen molar-refractivity contribution >= 4 is 6.01 Å². The van der Waals surface area contributed by atoms with Crippen molar-refractivity contribution in [3.8, 4) is 0 Å². The number of ether oxygens (including phenoxy) is 1. The van der Waals surface area contributed by atoms with Crippen LogP contribution in [0.4, 0.5) is 10.4 Å². The molecule has 0 spiro atoms. The van der Waals surface area contributed by atoms with Gasteiger partial charge in [-0.2, -0.15) is 4.98 Å². The maximum Gasteiger partial charge on any atom is 0.324 e. The van der Waals surface area contributed by atoms with Crippen LogP contribution in [0, 0.1) is 0 Å². The smallest absolute Gasteiger partial charge is 0.324 e. The number of rotatable bonds is 4. The number of nitrogens with zero attached hydrogens (tertiary/aromatic N) is 3. The molecule has 1 aromatic rings. The van der Waals surface area contributed by atoms with E-state index >= 15 is 0 Å². The van der Waals surface area contributed by atoms with Gasteiger partial charge in [-0.25, -0.2) is 4.39 Å². The van der Waals surface area contributed by atoms with Crippen LogP contribution in [0.5, 0.6) is 0 Å². The Balaban J connectivity index is 1.47. The molecule has 2 aliphatic rings. The maximum absolute atomic E-state index is 13.8. The lowest BCUT2D eigenvalue weighted by atomic mass is 9.94. The molecule has 1 aliphatic heterocycles. The molecule has 2 heterocycles. The second-order valence-electron chi connectivity index (χ2n) is 7.13. The van der Waals surface area contributed by atoms with Gasteiger partial charge in [0.15, 0.2) is 5.67 Å². The Morgan fingerprint density at radius 2 is 1.74 bits per heavy atom. The lowest BCUT2D eigenvalue weighted by Gasteiger charge is -2.34. The van der Waals surface area contributed by atoms with Gasteiger partial charge in [0.25, 0.3) is 0 Å². The molecular weight excluding hydrogens is 301 g/mol. The largest absolute Gasteiger partial charge is 0.393 e. The van der Waals surface area contributed by atoms with Crippen LogP contribution in [0.25, 0.3) is 0 Å². The van der Waals surface area contributed by atoms with Gasteiger partial charge >= 0.3 is 6.01 Å². The number of aromatic nitrogens is 2. The summed E-state index contributed by atoms with van der Waals surface area (Å²) < 4.78 is 25.2. The molecule has 1 saturated heterocycles. The highest BCUT2D eigenvalue weighted by molar-refractivity contribution is 5.26. The minimum Gasteiger partial charge on any atom is -0.393 e. The Labute approximate surface area is 136 Å². The van der Waals surface area contributed by atoms with Crippen molar-refractivity contribution in [1.29, 1.82) is 0 Å². The number of piperidine rings is 1. The van der Waals surface area contributed by atoms with Crippen molar-refractivity contribution in [3.63, 3.8) is 0 Å². The number of anilines is 1. The Morgan fingerprint density at radius 1 is 1.13 bits per heavy atom. The van der Waals surface area contributed by atoms with Gasteiger partial charge in [0.05, 0.1) is 18.3 Å². The van der Waals surface area contributed by atoms with Gasteiger partial charge in [-0.3, -0.25) is 0 Å². The topological polar surface area (TPSA) is 71.6 Å². The van der Waals surface area contributed by atoms with E-state index in [4.69, 9.17) is 9.26 Å². The highest BCUT2D eigenvalue weighted by Gasteiger charge is 2.30. The average Bonchev–Trinajstić information content (AvgIpc) is 3.00. The number of halogens is 1. The van der Waals surface area contributed by atoms with E-state index in [1.807, 2.05) is 4.90 Å². The van der Waals surface area contributed by atoms with Gasteiger partial charge in [0, 0.05) is 13.1 Å². The first-order valence-corrected chi connectivity index (χ1v) is 8.53. The second-order valence-corrected chi connectivity index (χ2v) is 7.13. The molecule has 7 heteroatoms. The number of hydrogen-bond acceptors (Lipinski definition) is 6. The fourth-order valence-corrected chi connectivity index (χ4v) is 3.22. The molecule has 0 aromatic carbocycles. The lowest BCUT2D eigenvalue weighted by Crippen LogP contribution is -2.39. The highest BCUT2D eigenvalue weighted by atomic mass is 19.1. The zero-order chi connectivity index (χ0) is 16.4. The number of aliphatic hydroxyl groups excluding tert-OH is 1. The molecule has 0 bridgehead atoms. The van der Waals surface area contributed by atoms with Crippen LogP contribution in [0.15, 0.2) is 4.52 Å². The molecule has 1 saturated carbocycles. The summed E-state index contributed by atoms with van der Waals surface area (Å²) in [7, 11) is 0. The van der Waals surface area contributed by atoms with Crippen LogP contribution in [0.3, 0.4) is 0 Å². The SMILES string of the molecule is CC(C)(F)c1noc(N2CCC(OC3CCC(O)CC3)CC2)n1. The summed E-state index contributed by atoms with van der Waals surface area (Å²) in [4.78, 5) is 6.15. The van der Waals surface area contributed by atoms with Crippen LogP contribution in [0.1, 0.15) is 58.2 Å². The third kappa shape index (κ3) is 4.20. The van der Waals surface area contributed by atoms with Crippen LogP contribution in [0.2, 0.25) is 0 Å². The summed E-state index contributed by atoms with van der Waals surface area (Å²) in [6.07, 6.45) is 5.73. The van der Waals surface area contributed by atoms with E-state index in [1.165, 1.54) is 13.8 Å². The molecule has 3 rings (SSSR count). The van der Waals surface area contributed by atoms with Crippen molar-refractivity contribution in [1.82, 2.24) is 10.1 Å². The minimum absolute atomic E-state index is 0.0895. The number of alkyl halides is 1. The van der Waals surface area contributed by atoms with Crippen LogP contribution < -0.4 is 4.90 Å². The monoisotopic (exact) mass is 327 g/mol. The minimum atomic E-state index is -1.59. The molecule has 1 aromatic heterocycles. The first kappa shape index (κ1) is 16.6. The van der Waals surface area contributed by atoms with E-state index in [0.717, 1.165) is 51.6 Å². The van der Waals surface area contributed by atoms with Gasteiger partial charge in [-0.1, -0.05) is 5.16 Å². The van der Waals surface area contributed by atoms with E-state index < -0.39 is 5.67 Å². The van der Waals surface area contributed by atoms with Crippen molar-refractivity contribution in [3.05, 3.63) is 5.82 Å². The first-order valence-electron chi connectivity index (χ1n) is 8.53. The molecule has 23 heavy (non-hydrogen) atoms. The van der Waals surface area contributed by atoms with E-state index in [0.29, 0.717) is 6.01 Å². The molecular formula is C16H26FN3O3. The third-order valence-electron chi connectivity index (χ3n) is 4.69. The molecule has 0 amide bonds. The molecule has 1 aliphatic carbocycles. The summed E-state index contributed by atoms with van der Waals surface area (Å²) in [6, 6.07) is 0.393. The van der Waals surface area contributed by atoms with Crippen LogP contribution in [-0.2, 0) is 10.4 Å². The molecule has 0 atom stereocenters. The van der Waals surface area contributed by atoms with E-state index in [2.05, 4.69) is 10.1 Å². The lowest BCUT2D eigenvalue weighted by molar-refractivity contribution is -0.0558. The summed E-state index contributed by atoms with van der Waals surface area (Å²) in [5, 5.41) is 13.3. The summed E-state index contributed by atoms with van der Waals surface area (Å²) >= 11 is 0. The fourth-order valence-electron chi connectivity index (χ4n) is 3.22. The zero-order valence-electron chi connectivity index (χ0n) is 13.9. The van der Waals surface area contributed by atoms with Crippen molar-refractivity contribution < 1.29 is 18.8 Å². The Morgan fingerprint density at radius 3 is 2.30 bits per heavy atom. The zero-order valence-corrected chi connectivity index (χ0v) is 13.9. The highest BCUT2D eigenvalue weighted by Crippen LogP contribution is 2.28. The average molecular weight is 327 g/mol. The van der Waals surface area contributed by atoms with Crippen LogP contribution in [-0.4, -0.2) is 46.6 Å². The number of hydrogen-bond donors (Lipinski definition) is 1. The maximum atomic E-state index is 13.8. The van der Waals surface area contributed by atoms with E-state index in [9.17, 15) is 9.50 Å². The molecule has 2 fully saturated rings. The van der Waals surface area contributed by atoms with Crippen LogP contribution >= 0.6 is 0 Å². The Hall–Kier alpha value is -1.21. The van der Waals surface area contributed by atoms with Gasteiger partial charge in [-0.15, -0.1) is 0 Å². The van der Waals surface area contributed by atoms with E-state index in [1.54, 1.807) is 0 Å². The molecule has 130 valence electrons. The summed E-state index contributed by atoms with van der Waals surface area (Å²) in [5.41, 5.74) is -1.59. The third-order valence-corrected chi connectivity index (χ3v) is 4.69. The summed E-state index contributed by atoms with van der Waals surface area (Å²) in [6.45, 7) is 4.38. The van der Waals surface area contributed by atoms with Gasteiger partial charge in [0.1, 0.15) is 0 Å². The van der Waals surface area contributed by atoms with Gasteiger partial charge < -0.3 is 19.3 Å². The number of aliphatic hydroxyl groups is 1. The normalized spacial score (nSPS) is 27.4. The molecule has 1 N–H and O–H groups in total. The van der Waals surface area contributed by atoms with Gasteiger partial charge in [0.2, 0.25) is 5.82 Å². The van der Waals surface area contributed by atoms with Crippen molar-refractivity contribution in [2.75, 3.05) is 18.0 Å². The summed E-state index contributed by atoms with van der Waals surface area (Å²) in [5.74, 6) is 0.0895. The molecule has 6 nitrogen and oxygen atoms in total. The van der Waals surface area contributed by atoms with Gasteiger partial charge in [-0.05, 0) is 52.4 Å². The van der Waals surface area contributed by atoms with Crippen molar-refractivity contribution in [2.45, 2.75) is 76.4 Å². The molecule has 0 unspecified atom stereocenters. The van der Waals surface area contributed by atoms with E-state index in [-0.39, 0.29) is 24.1 Å². The Bertz CT molecular complexity index is 501. The first-order chi connectivity index (χ1) is 10.9. The second kappa shape index (κ2) is 6.73. The fraction of sp³-hybridized carbons (Fsp3) is 0.875.